The number of hydrogen-bond acceptors (Lipinski definition) is 9. The summed E-state index contributed by atoms with van der Waals surface area (Å²) in [5.74, 6) is -3.16. The SMILES string of the molecule is CC(=O)c1cc(C)c(O)c(Cc2c(Cc3c(O)c(C)cc(C(C)=O)c3O)n(Cc3c(O)c(C)cc(C(C)=O)c3O)c3ccccc23)c1O. The molecule has 0 amide bonds. The van der Waals surface area contributed by atoms with E-state index in [4.69, 9.17) is 0 Å². The smallest absolute Gasteiger partial charge is 0.163 e. The number of carbonyl (C=O) groups is 3. The molecule has 10 heteroatoms. The summed E-state index contributed by atoms with van der Waals surface area (Å²) in [6.07, 6.45) is -0.288. The van der Waals surface area contributed by atoms with Crippen LogP contribution in [-0.4, -0.2) is 52.6 Å². The standard InChI is InChI=1S/C38H37NO9/c1-17-11-24(20(4)40)36(46)28(33(17)43)14-27-23-9-7-8-10-31(23)39(16-30-35(45)19(3)13-26(22(6)42)38(30)48)32(27)15-29-34(44)18(2)12-25(21(5)41)37(29)47/h7-13,43-48H,14-16H2,1-6H3. The van der Waals surface area contributed by atoms with Gasteiger partial charge < -0.3 is 35.2 Å². The zero-order valence-corrected chi connectivity index (χ0v) is 27.5. The van der Waals surface area contributed by atoms with Crippen molar-refractivity contribution in [1.29, 1.82) is 0 Å². The third-order valence-electron chi connectivity index (χ3n) is 9.03. The third kappa shape index (κ3) is 5.59. The van der Waals surface area contributed by atoms with Crippen molar-refractivity contribution in [2.45, 2.75) is 60.9 Å². The number of aromatic nitrogens is 1. The number of carbonyl (C=O) groups excluding carboxylic acids is 3. The van der Waals surface area contributed by atoms with Gasteiger partial charge in [-0.05, 0) is 88.1 Å². The van der Waals surface area contributed by atoms with E-state index in [0.717, 1.165) is 0 Å². The molecule has 0 spiro atoms. The molecule has 10 nitrogen and oxygen atoms in total. The van der Waals surface area contributed by atoms with Crippen LogP contribution in [0.15, 0.2) is 42.5 Å². The molecule has 1 heterocycles. The molecule has 0 aliphatic carbocycles. The molecular formula is C38H37NO9. The van der Waals surface area contributed by atoms with E-state index in [2.05, 4.69) is 0 Å². The molecule has 1 aromatic heterocycles. The molecule has 6 N–H and O–H groups in total. The number of benzene rings is 4. The highest BCUT2D eigenvalue weighted by Gasteiger charge is 2.28. The Balaban J connectivity index is 1.88. The van der Waals surface area contributed by atoms with Crippen molar-refractivity contribution in [2.24, 2.45) is 0 Å². The van der Waals surface area contributed by atoms with E-state index in [1.807, 2.05) is 0 Å². The number of fused-ring (bicyclic) bond motifs is 1. The highest BCUT2D eigenvalue weighted by molar-refractivity contribution is 5.99. The summed E-state index contributed by atoms with van der Waals surface area (Å²) >= 11 is 0. The first kappa shape index (κ1) is 33.6. The Hall–Kier alpha value is -5.77. The summed E-state index contributed by atoms with van der Waals surface area (Å²) in [7, 11) is 0. The lowest BCUT2D eigenvalue weighted by Gasteiger charge is -2.19. The van der Waals surface area contributed by atoms with Gasteiger partial charge in [0.25, 0.3) is 0 Å². The van der Waals surface area contributed by atoms with Crippen molar-refractivity contribution in [1.82, 2.24) is 4.57 Å². The summed E-state index contributed by atoms with van der Waals surface area (Å²) in [6, 6.07) is 11.3. The molecule has 5 rings (SSSR count). The highest BCUT2D eigenvalue weighted by atomic mass is 16.3. The lowest BCUT2D eigenvalue weighted by molar-refractivity contribution is 0.100. The van der Waals surface area contributed by atoms with Gasteiger partial charge in [-0.25, -0.2) is 0 Å². The number of aryl methyl sites for hydroxylation is 3. The first-order chi connectivity index (χ1) is 22.5. The van der Waals surface area contributed by atoms with Gasteiger partial charge in [0, 0.05) is 40.6 Å². The zero-order valence-electron chi connectivity index (χ0n) is 27.5. The van der Waals surface area contributed by atoms with Crippen LogP contribution in [0.3, 0.4) is 0 Å². The Morgan fingerprint density at radius 2 is 0.938 bits per heavy atom. The van der Waals surface area contributed by atoms with Crippen molar-refractivity contribution in [3.05, 3.63) is 104 Å². The van der Waals surface area contributed by atoms with Gasteiger partial charge >= 0.3 is 0 Å². The Kier molecular flexibility index (Phi) is 8.71. The van der Waals surface area contributed by atoms with Gasteiger partial charge in [-0.15, -0.1) is 0 Å². The fourth-order valence-corrected chi connectivity index (χ4v) is 6.40. The average Bonchev–Trinajstić information content (AvgIpc) is 3.31. The van der Waals surface area contributed by atoms with Crippen LogP contribution in [0.25, 0.3) is 10.9 Å². The molecule has 0 atom stereocenters. The first-order valence-electron chi connectivity index (χ1n) is 15.3. The molecule has 0 radical (unpaired) electrons. The Bertz CT molecular complexity index is 2080. The summed E-state index contributed by atoms with van der Waals surface area (Å²) in [6.45, 7) is 8.54. The van der Waals surface area contributed by atoms with Crippen LogP contribution in [0.5, 0.6) is 34.5 Å². The number of phenols is 6. The van der Waals surface area contributed by atoms with Crippen molar-refractivity contribution in [3.8, 4) is 34.5 Å². The summed E-state index contributed by atoms with van der Waals surface area (Å²) < 4.78 is 1.74. The first-order valence-corrected chi connectivity index (χ1v) is 15.3. The van der Waals surface area contributed by atoms with Crippen molar-refractivity contribution in [2.75, 3.05) is 0 Å². The molecule has 0 aliphatic rings. The molecule has 0 unspecified atom stereocenters. The van der Waals surface area contributed by atoms with Crippen molar-refractivity contribution >= 4 is 28.3 Å². The molecule has 0 aliphatic heterocycles. The predicted molar refractivity (Wildman–Crippen MR) is 180 cm³/mol. The second kappa shape index (κ2) is 12.4. The number of nitrogens with zero attached hydrogens (tertiary/aromatic N) is 1. The maximum absolute atomic E-state index is 12.5. The molecule has 4 aromatic carbocycles. The van der Waals surface area contributed by atoms with Crippen LogP contribution in [0.1, 0.15) is 96.5 Å². The summed E-state index contributed by atoms with van der Waals surface area (Å²) in [5.41, 5.74) is 2.82. The van der Waals surface area contributed by atoms with Gasteiger partial charge in [0.2, 0.25) is 0 Å². The van der Waals surface area contributed by atoms with Crippen LogP contribution in [0.2, 0.25) is 0 Å². The van der Waals surface area contributed by atoms with Gasteiger partial charge in [0.1, 0.15) is 34.5 Å². The van der Waals surface area contributed by atoms with Crippen molar-refractivity contribution in [3.63, 3.8) is 0 Å². The predicted octanol–water partition coefficient (Wildman–Crippen LogP) is 6.64. The average molecular weight is 652 g/mol. The van der Waals surface area contributed by atoms with E-state index in [9.17, 15) is 45.0 Å². The third-order valence-corrected chi connectivity index (χ3v) is 9.03. The van der Waals surface area contributed by atoms with Crippen molar-refractivity contribution < 1.29 is 45.0 Å². The number of para-hydroxylation sites is 1. The maximum Gasteiger partial charge on any atom is 0.163 e. The molecule has 0 fully saturated rings. The van der Waals surface area contributed by atoms with Crippen LogP contribution in [-0.2, 0) is 19.4 Å². The van der Waals surface area contributed by atoms with Gasteiger partial charge in [-0.1, -0.05) is 18.2 Å². The van der Waals surface area contributed by atoms with E-state index < -0.39 is 34.6 Å². The molecule has 5 aromatic rings. The van der Waals surface area contributed by atoms with E-state index in [-0.39, 0.29) is 70.0 Å². The monoisotopic (exact) mass is 651 g/mol. The second-order valence-corrected chi connectivity index (χ2v) is 12.3. The van der Waals surface area contributed by atoms with E-state index in [1.165, 1.54) is 39.0 Å². The Morgan fingerprint density at radius 3 is 1.40 bits per heavy atom. The summed E-state index contributed by atoms with van der Waals surface area (Å²) in [5, 5.41) is 67.9. The molecule has 0 bridgehead atoms. The summed E-state index contributed by atoms with van der Waals surface area (Å²) in [4.78, 5) is 37.3. The van der Waals surface area contributed by atoms with Gasteiger partial charge in [-0.2, -0.15) is 0 Å². The van der Waals surface area contributed by atoms with Crippen LogP contribution >= 0.6 is 0 Å². The molecule has 0 saturated heterocycles. The maximum atomic E-state index is 12.5. The van der Waals surface area contributed by atoms with E-state index in [0.29, 0.717) is 38.9 Å². The normalized spacial score (nSPS) is 11.3. The fourth-order valence-electron chi connectivity index (χ4n) is 6.40. The number of phenolic OH excluding ortho intramolecular Hbond substituents is 6. The van der Waals surface area contributed by atoms with Crippen LogP contribution in [0, 0.1) is 20.8 Å². The molecule has 0 saturated carbocycles. The van der Waals surface area contributed by atoms with Gasteiger partial charge in [0.15, 0.2) is 17.3 Å². The largest absolute Gasteiger partial charge is 0.507 e. The number of rotatable bonds is 9. The Labute approximate surface area is 276 Å². The Morgan fingerprint density at radius 1 is 0.542 bits per heavy atom. The van der Waals surface area contributed by atoms with E-state index in [1.54, 1.807) is 49.6 Å². The minimum atomic E-state index is -0.423. The fraction of sp³-hybridized carbons (Fsp3) is 0.237. The lowest BCUT2D eigenvalue weighted by atomic mass is 9.92. The molecular weight excluding hydrogens is 614 g/mol. The number of hydrogen-bond donors (Lipinski definition) is 6. The van der Waals surface area contributed by atoms with Gasteiger partial charge in [0.05, 0.1) is 28.8 Å². The van der Waals surface area contributed by atoms with Crippen LogP contribution in [0.4, 0.5) is 0 Å². The number of Topliss-reactive ketones (excluding diaryl/α,β-unsaturated/α-hetero) is 3. The minimum Gasteiger partial charge on any atom is -0.507 e. The second-order valence-electron chi connectivity index (χ2n) is 12.3. The van der Waals surface area contributed by atoms with Gasteiger partial charge in [-0.3, -0.25) is 14.4 Å². The topological polar surface area (TPSA) is 178 Å². The highest BCUT2D eigenvalue weighted by Crippen LogP contribution is 2.43. The van der Waals surface area contributed by atoms with Crippen LogP contribution < -0.4 is 0 Å². The zero-order chi connectivity index (χ0) is 35.4. The lowest BCUT2D eigenvalue weighted by Crippen LogP contribution is -2.10. The van der Waals surface area contributed by atoms with E-state index >= 15 is 0 Å². The number of aromatic hydroxyl groups is 6. The minimum absolute atomic E-state index is 0.00431. The quantitative estimate of drug-likeness (QED) is 0.0954. The molecule has 48 heavy (non-hydrogen) atoms. The molecule has 248 valence electrons. The number of ketones is 3.